The first-order chi connectivity index (χ1) is 14.7. The van der Waals surface area contributed by atoms with E-state index >= 15 is 0 Å². The number of aromatic nitrogens is 1. The SMILES string of the molecule is COc1ccc(C(=O)N2CCN(C(=O)CCCc3c[nH]c4ccccc34)CC2)cc1. The number of para-hydroxylation sites is 1. The number of amides is 2. The second kappa shape index (κ2) is 9.03. The van der Waals surface area contributed by atoms with Gasteiger partial charge in [-0.2, -0.15) is 0 Å². The quantitative estimate of drug-likeness (QED) is 0.683. The number of hydrogen-bond donors (Lipinski definition) is 1. The van der Waals surface area contributed by atoms with E-state index in [1.807, 2.05) is 28.1 Å². The van der Waals surface area contributed by atoms with Crippen LogP contribution in [0.5, 0.6) is 5.75 Å². The molecule has 0 spiro atoms. The van der Waals surface area contributed by atoms with Gasteiger partial charge in [-0.3, -0.25) is 9.59 Å². The smallest absolute Gasteiger partial charge is 0.253 e. The second-order valence-corrected chi connectivity index (χ2v) is 7.61. The van der Waals surface area contributed by atoms with E-state index in [1.54, 1.807) is 31.4 Å². The number of fused-ring (bicyclic) bond motifs is 1. The van der Waals surface area contributed by atoms with E-state index in [9.17, 15) is 9.59 Å². The van der Waals surface area contributed by atoms with E-state index in [0.717, 1.165) is 24.1 Å². The van der Waals surface area contributed by atoms with E-state index in [0.29, 0.717) is 38.2 Å². The summed E-state index contributed by atoms with van der Waals surface area (Å²) in [5.41, 5.74) is 3.04. The summed E-state index contributed by atoms with van der Waals surface area (Å²) in [6.45, 7) is 2.32. The van der Waals surface area contributed by atoms with Crippen LogP contribution in [0.15, 0.2) is 54.7 Å². The number of aromatic amines is 1. The van der Waals surface area contributed by atoms with Gasteiger partial charge in [-0.1, -0.05) is 18.2 Å². The topological polar surface area (TPSA) is 65.6 Å². The molecular weight excluding hydrogens is 378 g/mol. The maximum absolute atomic E-state index is 12.7. The van der Waals surface area contributed by atoms with Crippen molar-refractivity contribution < 1.29 is 14.3 Å². The molecule has 1 N–H and O–H groups in total. The highest BCUT2D eigenvalue weighted by Crippen LogP contribution is 2.20. The molecule has 1 aliphatic rings. The Labute approximate surface area is 176 Å². The second-order valence-electron chi connectivity index (χ2n) is 7.61. The van der Waals surface area contributed by atoms with Gasteiger partial charge in [0.15, 0.2) is 0 Å². The van der Waals surface area contributed by atoms with Crippen LogP contribution in [0.25, 0.3) is 10.9 Å². The minimum absolute atomic E-state index is 0.00379. The van der Waals surface area contributed by atoms with Crippen LogP contribution in [-0.4, -0.2) is 59.9 Å². The first-order valence-electron chi connectivity index (χ1n) is 10.4. The minimum atomic E-state index is 0.00379. The third-order valence-corrected chi connectivity index (χ3v) is 5.77. The van der Waals surface area contributed by atoms with Gasteiger partial charge < -0.3 is 19.5 Å². The van der Waals surface area contributed by atoms with Gasteiger partial charge >= 0.3 is 0 Å². The molecule has 30 heavy (non-hydrogen) atoms. The van der Waals surface area contributed by atoms with Gasteiger partial charge in [0, 0.05) is 55.3 Å². The van der Waals surface area contributed by atoms with Crippen LogP contribution in [0.1, 0.15) is 28.8 Å². The fraction of sp³-hybridized carbons (Fsp3) is 0.333. The summed E-state index contributed by atoms with van der Waals surface area (Å²) in [5, 5.41) is 1.23. The van der Waals surface area contributed by atoms with Crippen molar-refractivity contribution in [3.63, 3.8) is 0 Å². The molecule has 1 aromatic heterocycles. The number of benzene rings is 2. The average Bonchev–Trinajstić information content (AvgIpc) is 3.22. The highest BCUT2D eigenvalue weighted by Gasteiger charge is 2.24. The maximum Gasteiger partial charge on any atom is 0.253 e. The molecule has 6 heteroatoms. The lowest BCUT2D eigenvalue weighted by Gasteiger charge is -2.35. The molecule has 0 radical (unpaired) electrons. The van der Waals surface area contributed by atoms with Gasteiger partial charge in [-0.25, -0.2) is 0 Å². The van der Waals surface area contributed by atoms with Crippen molar-refractivity contribution in [2.75, 3.05) is 33.3 Å². The molecule has 2 aromatic carbocycles. The van der Waals surface area contributed by atoms with Gasteiger partial charge in [0.05, 0.1) is 7.11 Å². The van der Waals surface area contributed by atoms with Crippen molar-refractivity contribution in [1.29, 1.82) is 0 Å². The maximum atomic E-state index is 12.7. The van der Waals surface area contributed by atoms with Crippen LogP contribution in [0.3, 0.4) is 0 Å². The van der Waals surface area contributed by atoms with Crippen LogP contribution in [0.4, 0.5) is 0 Å². The largest absolute Gasteiger partial charge is 0.497 e. The molecule has 0 unspecified atom stereocenters. The molecule has 1 saturated heterocycles. The first-order valence-corrected chi connectivity index (χ1v) is 10.4. The van der Waals surface area contributed by atoms with Gasteiger partial charge in [0.2, 0.25) is 5.91 Å². The summed E-state index contributed by atoms with van der Waals surface area (Å²) in [6.07, 6.45) is 4.28. The molecule has 0 aliphatic carbocycles. The Morgan fingerprint density at radius 1 is 0.967 bits per heavy atom. The Morgan fingerprint density at radius 2 is 1.67 bits per heavy atom. The average molecular weight is 405 g/mol. The van der Waals surface area contributed by atoms with Crippen LogP contribution in [0.2, 0.25) is 0 Å². The molecule has 1 aliphatic heterocycles. The predicted octanol–water partition coefficient (Wildman–Crippen LogP) is 3.48. The van der Waals surface area contributed by atoms with Gasteiger partial charge in [-0.05, 0) is 48.7 Å². The number of methoxy groups -OCH3 is 1. The number of hydrogen-bond acceptors (Lipinski definition) is 3. The van der Waals surface area contributed by atoms with Crippen molar-refractivity contribution in [2.24, 2.45) is 0 Å². The molecule has 4 rings (SSSR count). The van der Waals surface area contributed by atoms with Crippen molar-refractivity contribution in [3.05, 3.63) is 65.9 Å². The molecule has 0 bridgehead atoms. The summed E-state index contributed by atoms with van der Waals surface area (Å²) < 4.78 is 5.14. The summed E-state index contributed by atoms with van der Waals surface area (Å²) in [5.74, 6) is 0.907. The van der Waals surface area contributed by atoms with E-state index in [1.165, 1.54) is 10.9 Å². The highest BCUT2D eigenvalue weighted by molar-refractivity contribution is 5.94. The van der Waals surface area contributed by atoms with Crippen molar-refractivity contribution >= 4 is 22.7 Å². The number of nitrogens with zero attached hydrogens (tertiary/aromatic N) is 2. The number of H-pyrrole nitrogens is 1. The number of carbonyl (C=O) groups is 2. The lowest BCUT2D eigenvalue weighted by Crippen LogP contribution is -2.50. The van der Waals surface area contributed by atoms with E-state index < -0.39 is 0 Å². The molecule has 6 nitrogen and oxygen atoms in total. The monoisotopic (exact) mass is 405 g/mol. The molecule has 0 saturated carbocycles. The molecule has 2 heterocycles. The number of rotatable bonds is 6. The predicted molar refractivity (Wildman–Crippen MR) is 117 cm³/mol. The molecule has 2 amide bonds. The zero-order valence-corrected chi connectivity index (χ0v) is 17.3. The number of carbonyl (C=O) groups excluding carboxylic acids is 2. The normalized spacial score (nSPS) is 14.2. The number of ether oxygens (including phenoxy) is 1. The molecular formula is C24H27N3O3. The zero-order valence-electron chi connectivity index (χ0n) is 17.3. The Bertz CT molecular complexity index is 1020. The Morgan fingerprint density at radius 3 is 2.40 bits per heavy atom. The minimum Gasteiger partial charge on any atom is -0.497 e. The van der Waals surface area contributed by atoms with E-state index in [2.05, 4.69) is 17.1 Å². The fourth-order valence-electron chi connectivity index (χ4n) is 4.00. The van der Waals surface area contributed by atoms with Crippen LogP contribution < -0.4 is 4.74 Å². The number of piperazine rings is 1. The Kier molecular flexibility index (Phi) is 6.02. The first kappa shape index (κ1) is 20.0. The molecule has 1 fully saturated rings. The van der Waals surface area contributed by atoms with Crippen molar-refractivity contribution in [2.45, 2.75) is 19.3 Å². The van der Waals surface area contributed by atoms with E-state index in [4.69, 9.17) is 4.74 Å². The number of nitrogens with one attached hydrogen (secondary N) is 1. The lowest BCUT2D eigenvalue weighted by atomic mass is 10.1. The van der Waals surface area contributed by atoms with Crippen molar-refractivity contribution in [3.8, 4) is 5.75 Å². The molecule has 0 atom stereocenters. The lowest BCUT2D eigenvalue weighted by molar-refractivity contribution is -0.132. The standard InChI is InChI=1S/C24H27N3O3/c1-30-20-11-9-18(10-12-20)24(29)27-15-13-26(14-16-27)23(28)8-4-5-19-17-25-22-7-3-2-6-21(19)22/h2-3,6-7,9-12,17,25H,4-5,8,13-16H2,1H3. The Hall–Kier alpha value is -3.28. The van der Waals surface area contributed by atoms with Crippen molar-refractivity contribution in [1.82, 2.24) is 14.8 Å². The third-order valence-electron chi connectivity index (χ3n) is 5.77. The highest BCUT2D eigenvalue weighted by atomic mass is 16.5. The Balaban J connectivity index is 1.24. The summed E-state index contributed by atoms with van der Waals surface area (Å²) in [7, 11) is 1.60. The van der Waals surface area contributed by atoms with Gasteiger partial charge in [0.25, 0.3) is 5.91 Å². The van der Waals surface area contributed by atoms with Gasteiger partial charge in [0.1, 0.15) is 5.75 Å². The molecule has 3 aromatic rings. The third kappa shape index (κ3) is 4.32. The fourth-order valence-corrected chi connectivity index (χ4v) is 4.00. The number of aryl methyl sites for hydroxylation is 1. The van der Waals surface area contributed by atoms with Gasteiger partial charge in [-0.15, -0.1) is 0 Å². The van der Waals surface area contributed by atoms with Crippen LogP contribution in [0, 0.1) is 0 Å². The van der Waals surface area contributed by atoms with E-state index in [-0.39, 0.29) is 11.8 Å². The molecule has 156 valence electrons. The summed E-state index contributed by atoms with van der Waals surface area (Å²) in [4.78, 5) is 32.3. The zero-order chi connectivity index (χ0) is 20.9. The summed E-state index contributed by atoms with van der Waals surface area (Å²) >= 11 is 0. The van der Waals surface area contributed by atoms with Crippen LogP contribution >= 0.6 is 0 Å². The van der Waals surface area contributed by atoms with Crippen LogP contribution in [-0.2, 0) is 11.2 Å². The summed E-state index contributed by atoms with van der Waals surface area (Å²) in [6, 6.07) is 15.4.